The van der Waals surface area contributed by atoms with E-state index in [2.05, 4.69) is 26.2 Å². The molecule has 2 heterocycles. The van der Waals surface area contributed by atoms with Gasteiger partial charge in [-0.05, 0) is 67.2 Å². The smallest absolute Gasteiger partial charge is 0.0714 e. The summed E-state index contributed by atoms with van der Waals surface area (Å²) in [5.74, 6) is 0. The van der Waals surface area contributed by atoms with Crippen LogP contribution in [0.1, 0.15) is 43.8 Å². The highest BCUT2D eigenvalue weighted by atomic mass is 79.9. The molecule has 0 spiro atoms. The summed E-state index contributed by atoms with van der Waals surface area (Å²) in [7, 11) is 2.00. The van der Waals surface area contributed by atoms with Gasteiger partial charge in [0.1, 0.15) is 0 Å². The van der Waals surface area contributed by atoms with E-state index in [4.69, 9.17) is 4.74 Å². The number of rotatable bonds is 6. The molecule has 1 saturated heterocycles. The Balaban J connectivity index is 1.83. The van der Waals surface area contributed by atoms with Crippen LogP contribution in [-0.2, 0) is 4.74 Å². The minimum atomic E-state index is 0.321. The summed E-state index contributed by atoms with van der Waals surface area (Å²) in [6.45, 7) is 0.950. The topological polar surface area (TPSA) is 34.1 Å². The van der Waals surface area contributed by atoms with Crippen molar-refractivity contribution in [2.24, 2.45) is 0 Å². The molecule has 1 aliphatic heterocycles. The molecule has 0 saturated carbocycles. The van der Waals surface area contributed by atoms with Crippen molar-refractivity contribution < 1.29 is 4.74 Å². The Morgan fingerprint density at radius 1 is 1.61 bits per heavy atom. The fraction of sp³-hybridized carbons (Fsp3) is 0.643. The first-order valence-electron chi connectivity index (χ1n) is 6.70. The molecule has 2 atom stereocenters. The standard InChI is InChI=1S/C14H21BrN2O/c1-16-13(14-12(15)7-3-9-17-14)8-2-5-11-6-4-10-18-11/h3,7,9,11,13,16H,2,4-6,8,10H2,1H3. The molecule has 1 aliphatic rings. The van der Waals surface area contributed by atoms with Crippen LogP contribution in [0.5, 0.6) is 0 Å². The molecule has 0 aromatic carbocycles. The van der Waals surface area contributed by atoms with Crippen LogP contribution in [-0.4, -0.2) is 24.7 Å². The Bertz CT molecular complexity index is 367. The third kappa shape index (κ3) is 3.77. The number of nitrogens with zero attached hydrogens (tertiary/aromatic N) is 1. The molecule has 1 aromatic heterocycles. The first-order chi connectivity index (χ1) is 8.81. The van der Waals surface area contributed by atoms with Gasteiger partial charge in [0.2, 0.25) is 0 Å². The average molecular weight is 313 g/mol. The number of aromatic nitrogens is 1. The van der Waals surface area contributed by atoms with Crippen molar-refractivity contribution in [3.05, 3.63) is 28.5 Å². The molecular weight excluding hydrogens is 292 g/mol. The lowest BCUT2D eigenvalue weighted by molar-refractivity contribution is 0.101. The van der Waals surface area contributed by atoms with Gasteiger partial charge in [-0.15, -0.1) is 0 Å². The summed E-state index contributed by atoms with van der Waals surface area (Å²) in [5, 5.41) is 3.35. The maximum atomic E-state index is 5.65. The largest absolute Gasteiger partial charge is 0.378 e. The van der Waals surface area contributed by atoms with Crippen molar-refractivity contribution in [2.45, 2.75) is 44.2 Å². The maximum Gasteiger partial charge on any atom is 0.0714 e. The number of pyridine rings is 1. The highest BCUT2D eigenvalue weighted by Gasteiger charge is 2.17. The van der Waals surface area contributed by atoms with Crippen molar-refractivity contribution in [3.63, 3.8) is 0 Å². The number of hydrogen-bond acceptors (Lipinski definition) is 3. The van der Waals surface area contributed by atoms with E-state index in [-0.39, 0.29) is 0 Å². The third-order valence-electron chi connectivity index (χ3n) is 3.51. The monoisotopic (exact) mass is 312 g/mol. The van der Waals surface area contributed by atoms with Gasteiger partial charge in [-0.1, -0.05) is 0 Å². The molecule has 18 heavy (non-hydrogen) atoms. The van der Waals surface area contributed by atoms with E-state index in [0.717, 1.165) is 23.2 Å². The van der Waals surface area contributed by atoms with Crippen LogP contribution in [0, 0.1) is 0 Å². The van der Waals surface area contributed by atoms with Crippen molar-refractivity contribution in [1.82, 2.24) is 10.3 Å². The highest BCUT2D eigenvalue weighted by molar-refractivity contribution is 9.10. The number of hydrogen-bond donors (Lipinski definition) is 1. The lowest BCUT2D eigenvalue weighted by Crippen LogP contribution is -2.18. The Hall–Kier alpha value is -0.450. The molecule has 1 N–H and O–H groups in total. The summed E-state index contributed by atoms with van der Waals surface area (Å²) in [5.41, 5.74) is 1.10. The van der Waals surface area contributed by atoms with Crippen LogP contribution in [0.15, 0.2) is 22.8 Å². The van der Waals surface area contributed by atoms with E-state index >= 15 is 0 Å². The van der Waals surface area contributed by atoms with Gasteiger partial charge in [0.05, 0.1) is 17.8 Å². The molecule has 2 unspecified atom stereocenters. The van der Waals surface area contributed by atoms with Crippen LogP contribution in [0.2, 0.25) is 0 Å². The molecule has 0 radical (unpaired) electrons. The summed E-state index contributed by atoms with van der Waals surface area (Å²) in [6.07, 6.45) is 8.26. The molecule has 3 nitrogen and oxygen atoms in total. The summed E-state index contributed by atoms with van der Waals surface area (Å²) in [6, 6.07) is 4.32. The van der Waals surface area contributed by atoms with Gasteiger partial charge in [-0.2, -0.15) is 0 Å². The summed E-state index contributed by atoms with van der Waals surface area (Å²) in [4.78, 5) is 4.46. The van der Waals surface area contributed by atoms with Crippen LogP contribution >= 0.6 is 15.9 Å². The Morgan fingerprint density at radius 3 is 3.17 bits per heavy atom. The normalized spacial score (nSPS) is 21.1. The van der Waals surface area contributed by atoms with Crippen molar-refractivity contribution >= 4 is 15.9 Å². The fourth-order valence-corrected chi connectivity index (χ4v) is 3.03. The molecular formula is C14H21BrN2O. The first kappa shape index (κ1) is 14.0. The third-order valence-corrected chi connectivity index (χ3v) is 4.18. The zero-order valence-corrected chi connectivity index (χ0v) is 12.4. The molecule has 1 fully saturated rings. The minimum absolute atomic E-state index is 0.321. The van der Waals surface area contributed by atoms with Gasteiger partial charge in [0, 0.05) is 17.3 Å². The minimum Gasteiger partial charge on any atom is -0.378 e. The van der Waals surface area contributed by atoms with Gasteiger partial charge < -0.3 is 10.1 Å². The predicted molar refractivity (Wildman–Crippen MR) is 76.6 cm³/mol. The second-order valence-corrected chi connectivity index (χ2v) is 5.63. The van der Waals surface area contributed by atoms with Crippen molar-refractivity contribution in [2.75, 3.05) is 13.7 Å². The zero-order valence-electron chi connectivity index (χ0n) is 10.9. The summed E-state index contributed by atoms with van der Waals surface area (Å²) >= 11 is 3.57. The molecule has 1 aromatic rings. The lowest BCUT2D eigenvalue weighted by atomic mass is 10.0. The van der Waals surface area contributed by atoms with E-state index in [9.17, 15) is 0 Å². The second kappa shape index (κ2) is 7.22. The van der Waals surface area contributed by atoms with E-state index in [1.165, 1.54) is 25.7 Å². The Labute approximate surface area is 117 Å². The predicted octanol–water partition coefficient (Wildman–Crippen LogP) is 3.45. The van der Waals surface area contributed by atoms with Crippen LogP contribution < -0.4 is 5.32 Å². The van der Waals surface area contributed by atoms with E-state index in [1.807, 2.05) is 25.4 Å². The van der Waals surface area contributed by atoms with Gasteiger partial charge in [-0.25, -0.2) is 0 Å². The maximum absolute atomic E-state index is 5.65. The van der Waals surface area contributed by atoms with Gasteiger partial charge in [-0.3, -0.25) is 4.98 Å². The molecule has 2 rings (SSSR count). The van der Waals surface area contributed by atoms with Crippen LogP contribution in [0.3, 0.4) is 0 Å². The average Bonchev–Trinajstić information content (AvgIpc) is 2.89. The molecule has 0 aliphatic carbocycles. The van der Waals surface area contributed by atoms with Crippen molar-refractivity contribution in [3.8, 4) is 0 Å². The van der Waals surface area contributed by atoms with Crippen LogP contribution in [0.4, 0.5) is 0 Å². The molecule has 0 bridgehead atoms. The molecule has 4 heteroatoms. The number of ether oxygens (including phenoxy) is 1. The highest BCUT2D eigenvalue weighted by Crippen LogP contribution is 2.26. The van der Waals surface area contributed by atoms with Crippen LogP contribution in [0.25, 0.3) is 0 Å². The molecule has 100 valence electrons. The number of halogens is 1. The first-order valence-corrected chi connectivity index (χ1v) is 7.50. The van der Waals surface area contributed by atoms with E-state index in [0.29, 0.717) is 12.1 Å². The van der Waals surface area contributed by atoms with E-state index in [1.54, 1.807) is 0 Å². The van der Waals surface area contributed by atoms with Gasteiger partial charge in [0.25, 0.3) is 0 Å². The lowest BCUT2D eigenvalue weighted by Gasteiger charge is -2.17. The number of nitrogens with one attached hydrogen (secondary N) is 1. The molecule has 0 amide bonds. The van der Waals surface area contributed by atoms with Crippen molar-refractivity contribution in [1.29, 1.82) is 0 Å². The zero-order chi connectivity index (χ0) is 12.8. The quantitative estimate of drug-likeness (QED) is 0.873. The summed E-state index contributed by atoms with van der Waals surface area (Å²) < 4.78 is 6.74. The second-order valence-electron chi connectivity index (χ2n) is 4.78. The van der Waals surface area contributed by atoms with Gasteiger partial charge in [0.15, 0.2) is 0 Å². The van der Waals surface area contributed by atoms with Gasteiger partial charge >= 0.3 is 0 Å². The SMILES string of the molecule is CNC(CCCC1CCCO1)c1ncccc1Br. The fourth-order valence-electron chi connectivity index (χ4n) is 2.49. The van der Waals surface area contributed by atoms with E-state index < -0.39 is 0 Å². The Kier molecular flexibility index (Phi) is 5.60. The Morgan fingerprint density at radius 2 is 2.50 bits per heavy atom.